The van der Waals surface area contributed by atoms with E-state index in [-0.39, 0.29) is 18.0 Å². The van der Waals surface area contributed by atoms with Crippen molar-refractivity contribution >= 4 is 22.6 Å². The van der Waals surface area contributed by atoms with Crippen LogP contribution in [0, 0.1) is 12.8 Å². The average molecular weight is 469 g/mol. The van der Waals surface area contributed by atoms with Crippen LogP contribution in [0.25, 0.3) is 33.5 Å². The van der Waals surface area contributed by atoms with Crippen molar-refractivity contribution in [1.29, 1.82) is 0 Å². The zero-order valence-corrected chi connectivity index (χ0v) is 19.7. The van der Waals surface area contributed by atoms with Crippen LogP contribution in [0.3, 0.4) is 0 Å². The number of fused-ring (bicyclic) bond motifs is 1. The van der Waals surface area contributed by atoms with Crippen molar-refractivity contribution in [3.05, 3.63) is 60.7 Å². The van der Waals surface area contributed by atoms with Gasteiger partial charge in [0.15, 0.2) is 0 Å². The molecule has 0 amide bonds. The van der Waals surface area contributed by atoms with Gasteiger partial charge in [-0.1, -0.05) is 12.1 Å². The highest BCUT2D eigenvalue weighted by atomic mass is 16.5. The monoisotopic (exact) mass is 468 g/mol. The fourth-order valence-electron chi connectivity index (χ4n) is 4.81. The molecule has 0 aliphatic carbocycles. The lowest BCUT2D eigenvalue weighted by Gasteiger charge is -2.34. The van der Waals surface area contributed by atoms with Gasteiger partial charge in [-0.2, -0.15) is 0 Å². The van der Waals surface area contributed by atoms with Crippen LogP contribution in [0.2, 0.25) is 0 Å². The van der Waals surface area contributed by atoms with Crippen molar-refractivity contribution < 1.29 is 9.53 Å². The Morgan fingerprint density at radius 3 is 2.71 bits per heavy atom. The van der Waals surface area contributed by atoms with Crippen molar-refractivity contribution in [2.24, 2.45) is 5.92 Å². The van der Waals surface area contributed by atoms with Gasteiger partial charge in [-0.3, -0.25) is 14.8 Å². The number of aromatic nitrogens is 4. The summed E-state index contributed by atoms with van der Waals surface area (Å²) >= 11 is 0. The van der Waals surface area contributed by atoms with Crippen LogP contribution in [0.15, 0.2) is 55.0 Å². The minimum absolute atomic E-state index is 0.0137. The summed E-state index contributed by atoms with van der Waals surface area (Å²) in [6.45, 7) is 5.17. The fourth-order valence-corrected chi connectivity index (χ4v) is 4.81. The largest absolute Gasteiger partial charge is 0.459 e. The van der Waals surface area contributed by atoms with Crippen LogP contribution >= 0.6 is 0 Å². The van der Waals surface area contributed by atoms with E-state index in [1.807, 2.05) is 37.4 Å². The van der Waals surface area contributed by atoms with Crippen LogP contribution in [-0.2, 0) is 9.53 Å². The molecule has 8 heteroatoms. The zero-order chi connectivity index (χ0) is 23.8. The number of pyridine rings is 2. The summed E-state index contributed by atoms with van der Waals surface area (Å²) < 4.78 is 5.58. The molecule has 0 saturated carbocycles. The third kappa shape index (κ3) is 4.37. The fraction of sp³-hybridized carbons (Fsp3) is 0.333. The molecule has 1 aromatic carbocycles. The second-order valence-corrected chi connectivity index (χ2v) is 9.37. The molecule has 0 unspecified atom stereocenters. The highest BCUT2D eigenvalue weighted by molar-refractivity contribution is 5.88. The second kappa shape index (κ2) is 9.11. The molecule has 5 heterocycles. The van der Waals surface area contributed by atoms with Crippen LogP contribution in [-0.4, -0.2) is 58.2 Å². The maximum Gasteiger partial charge on any atom is 0.309 e. The molecule has 8 nitrogen and oxygen atoms in total. The number of carbonyl (C=O) groups excluding carboxylic acids is 1. The quantitative estimate of drug-likeness (QED) is 0.431. The number of rotatable bonds is 5. The lowest BCUT2D eigenvalue weighted by molar-refractivity contribution is -0.157. The molecule has 2 saturated heterocycles. The number of nitrogens with zero attached hydrogens (tertiary/aromatic N) is 4. The lowest BCUT2D eigenvalue weighted by Crippen LogP contribution is -2.50. The van der Waals surface area contributed by atoms with Crippen molar-refractivity contribution in [2.45, 2.75) is 25.9 Å². The number of ether oxygens (including phenoxy) is 1. The minimum atomic E-state index is -0.0460. The van der Waals surface area contributed by atoms with E-state index in [1.165, 1.54) is 0 Å². The number of anilines is 1. The van der Waals surface area contributed by atoms with Gasteiger partial charge in [0.05, 0.1) is 46.7 Å². The Hall–Kier alpha value is -3.78. The van der Waals surface area contributed by atoms with Crippen LogP contribution < -0.4 is 10.2 Å². The van der Waals surface area contributed by atoms with Gasteiger partial charge in [0.2, 0.25) is 0 Å². The Morgan fingerprint density at radius 2 is 1.94 bits per heavy atom. The summed E-state index contributed by atoms with van der Waals surface area (Å²) in [7, 11) is 0. The van der Waals surface area contributed by atoms with Crippen LogP contribution in [0.5, 0.6) is 0 Å². The van der Waals surface area contributed by atoms with Gasteiger partial charge >= 0.3 is 5.97 Å². The Morgan fingerprint density at radius 1 is 1.09 bits per heavy atom. The number of aromatic amines is 1. The Balaban J connectivity index is 1.21. The molecule has 0 atom stereocenters. The van der Waals surface area contributed by atoms with Crippen LogP contribution in [0.1, 0.15) is 18.5 Å². The van der Waals surface area contributed by atoms with E-state index in [1.54, 1.807) is 6.33 Å². The van der Waals surface area contributed by atoms with E-state index in [0.29, 0.717) is 0 Å². The second-order valence-electron chi connectivity index (χ2n) is 9.37. The van der Waals surface area contributed by atoms with E-state index in [4.69, 9.17) is 9.72 Å². The molecule has 178 valence electrons. The molecule has 4 aromatic rings. The van der Waals surface area contributed by atoms with E-state index >= 15 is 0 Å². The molecule has 0 bridgehead atoms. The summed E-state index contributed by atoms with van der Waals surface area (Å²) in [5.74, 6) is -0.0597. The number of benzene rings is 1. The van der Waals surface area contributed by atoms with Gasteiger partial charge in [-0.05, 0) is 50.1 Å². The normalized spacial score (nSPS) is 16.9. The number of aryl methyl sites for hydroxylation is 1. The first kappa shape index (κ1) is 21.7. The molecular formula is C27H28N6O2. The SMILES string of the molecule is Cc1cccc(-c2[nH]cnc2-c2ccc3ncc(N4CCC(C(=O)OC5CNC5)CC4)cc3c2)n1. The molecule has 0 spiro atoms. The standard InChI is InChI=1S/C27H28N6O2/c1-17-3-2-4-24(32-17)26-25(30-16-31-26)19-5-6-23-20(11-19)12-21(13-29-23)33-9-7-18(8-10-33)27(34)35-22-14-28-15-22/h2-6,11-13,16,18,22,28H,7-10,14-15H2,1H3,(H,30,31). The van der Waals surface area contributed by atoms with E-state index in [9.17, 15) is 4.79 Å². The number of nitrogens with one attached hydrogen (secondary N) is 2. The van der Waals surface area contributed by atoms with E-state index in [2.05, 4.69) is 43.4 Å². The van der Waals surface area contributed by atoms with Crippen molar-refractivity contribution in [1.82, 2.24) is 25.3 Å². The lowest BCUT2D eigenvalue weighted by atomic mass is 9.96. The Kier molecular flexibility index (Phi) is 5.66. The predicted octanol–water partition coefficient (Wildman–Crippen LogP) is 3.73. The first-order chi connectivity index (χ1) is 17.1. The van der Waals surface area contributed by atoms with Gasteiger partial charge in [-0.25, -0.2) is 4.98 Å². The summed E-state index contributed by atoms with van der Waals surface area (Å²) in [4.78, 5) is 31.9. The summed E-state index contributed by atoms with van der Waals surface area (Å²) in [6, 6.07) is 14.4. The topological polar surface area (TPSA) is 96.0 Å². The predicted molar refractivity (Wildman–Crippen MR) is 135 cm³/mol. The molecular weight excluding hydrogens is 440 g/mol. The van der Waals surface area contributed by atoms with Gasteiger partial charge in [0, 0.05) is 42.8 Å². The number of hydrogen-bond donors (Lipinski definition) is 2. The van der Waals surface area contributed by atoms with Crippen molar-refractivity contribution in [3.63, 3.8) is 0 Å². The highest BCUT2D eigenvalue weighted by Gasteiger charge is 2.30. The Labute approximate surface area is 203 Å². The van der Waals surface area contributed by atoms with Crippen molar-refractivity contribution in [3.8, 4) is 22.6 Å². The minimum Gasteiger partial charge on any atom is -0.459 e. The first-order valence-corrected chi connectivity index (χ1v) is 12.2. The maximum atomic E-state index is 12.4. The zero-order valence-electron chi connectivity index (χ0n) is 19.7. The average Bonchev–Trinajstić information content (AvgIpc) is 3.36. The highest BCUT2D eigenvalue weighted by Crippen LogP contribution is 2.32. The number of carbonyl (C=O) groups is 1. The van der Waals surface area contributed by atoms with Gasteiger partial charge < -0.3 is 19.9 Å². The summed E-state index contributed by atoms with van der Waals surface area (Å²) in [6.07, 6.45) is 5.30. The summed E-state index contributed by atoms with van der Waals surface area (Å²) in [5, 5.41) is 4.20. The van der Waals surface area contributed by atoms with E-state index < -0.39 is 0 Å². The van der Waals surface area contributed by atoms with Crippen LogP contribution in [0.4, 0.5) is 5.69 Å². The molecule has 0 radical (unpaired) electrons. The summed E-state index contributed by atoms with van der Waals surface area (Å²) in [5.41, 5.74) is 6.65. The molecule has 3 aromatic heterocycles. The molecule has 2 fully saturated rings. The number of hydrogen-bond acceptors (Lipinski definition) is 7. The Bertz CT molecular complexity index is 1370. The number of H-pyrrole nitrogens is 1. The molecule has 6 rings (SSSR count). The van der Waals surface area contributed by atoms with E-state index in [0.717, 1.165) is 84.0 Å². The molecule has 2 aliphatic rings. The third-order valence-corrected chi connectivity index (χ3v) is 6.94. The van der Waals surface area contributed by atoms with Gasteiger partial charge in [0.1, 0.15) is 6.10 Å². The molecule has 2 aliphatic heterocycles. The smallest absolute Gasteiger partial charge is 0.309 e. The van der Waals surface area contributed by atoms with Gasteiger partial charge in [0.25, 0.3) is 0 Å². The molecule has 35 heavy (non-hydrogen) atoms. The number of piperidine rings is 1. The van der Waals surface area contributed by atoms with Gasteiger partial charge in [-0.15, -0.1) is 0 Å². The maximum absolute atomic E-state index is 12.4. The first-order valence-electron chi connectivity index (χ1n) is 12.2. The number of imidazole rings is 1. The van der Waals surface area contributed by atoms with Crippen molar-refractivity contribution in [2.75, 3.05) is 31.1 Å². The molecule has 2 N–H and O–H groups in total. The number of esters is 1. The third-order valence-electron chi connectivity index (χ3n) is 6.94.